The maximum atomic E-state index is 13.5. The van der Waals surface area contributed by atoms with Gasteiger partial charge in [-0.15, -0.1) is 10.2 Å². The highest BCUT2D eigenvalue weighted by molar-refractivity contribution is 5.98. The molecule has 0 radical (unpaired) electrons. The summed E-state index contributed by atoms with van der Waals surface area (Å²) in [5, 5.41) is 13.1. The molecular weight excluding hydrogens is 570 g/mol. The molecule has 1 aromatic carbocycles. The van der Waals surface area contributed by atoms with Crippen LogP contribution in [-0.2, 0) is 26.9 Å². The number of carbonyl (C=O) groups is 3. The Morgan fingerprint density at radius 1 is 1.00 bits per heavy atom. The number of nitrogens with zero attached hydrogens (tertiary/aromatic N) is 5. The van der Waals surface area contributed by atoms with Gasteiger partial charge in [-0.1, -0.05) is 46.8 Å². The molecule has 0 aliphatic rings. The summed E-state index contributed by atoms with van der Waals surface area (Å²) in [6, 6.07) is 6.24. The van der Waals surface area contributed by atoms with Crippen LogP contribution >= 0.6 is 0 Å². The van der Waals surface area contributed by atoms with Crippen molar-refractivity contribution in [3.8, 4) is 0 Å². The molecule has 234 valence electrons. The molecule has 0 unspecified atom stereocenters. The third-order valence-electron chi connectivity index (χ3n) is 7.00. The molecule has 0 aliphatic heterocycles. The lowest BCUT2D eigenvalue weighted by molar-refractivity contribution is -0.122. The van der Waals surface area contributed by atoms with Crippen molar-refractivity contribution in [3.63, 3.8) is 0 Å². The number of hydrogen-bond acceptors (Lipinski definition) is 11. The van der Waals surface area contributed by atoms with Crippen LogP contribution in [0.3, 0.4) is 0 Å². The molecule has 2 N–H and O–H groups in total. The van der Waals surface area contributed by atoms with Gasteiger partial charge in [-0.05, 0) is 38.8 Å². The first-order valence-corrected chi connectivity index (χ1v) is 14.0. The van der Waals surface area contributed by atoms with Crippen molar-refractivity contribution >= 4 is 34.6 Å². The topological polar surface area (TPSA) is 184 Å². The average molecular weight is 608 g/mol. The Bertz CT molecular complexity index is 1740. The molecule has 14 nitrogen and oxygen atoms in total. The molecule has 0 saturated carbocycles. The number of anilines is 1. The van der Waals surface area contributed by atoms with Crippen molar-refractivity contribution in [2.24, 2.45) is 5.92 Å². The van der Waals surface area contributed by atoms with E-state index in [2.05, 4.69) is 35.5 Å². The summed E-state index contributed by atoms with van der Waals surface area (Å²) in [5.41, 5.74) is -0.819. The largest absolute Gasteiger partial charge is 0.453 e. The predicted molar refractivity (Wildman–Crippen MR) is 159 cm³/mol. The number of methoxy groups -OCH3 is 1. The number of hydrogen-bond donors (Lipinski definition) is 2. The molecule has 3 aromatic heterocycles. The third-order valence-corrected chi connectivity index (χ3v) is 7.00. The standard InChI is InChI=1S/C30H37N7O7/c1-15(2)20(22(39)23-35-36-27(44-23)30(7,8)26-32-17-12-10-11-13-18(17)43-26)33-19(38)14-37-24(40)21(34-28(41)42-9)16(3)31-25(37)29(4,5)6/h10-13,15,20H,14H2,1-9H3,(H,33,38)(H,34,41)/t20-/m0/s1. The Kier molecular flexibility index (Phi) is 8.75. The Hall–Kier alpha value is -4.88. The molecule has 0 spiro atoms. The number of ether oxygens (including phenoxy) is 1. The molecule has 3 heterocycles. The number of para-hydroxylation sites is 2. The Balaban J connectivity index is 1.59. The van der Waals surface area contributed by atoms with E-state index in [0.717, 1.165) is 0 Å². The zero-order valence-electron chi connectivity index (χ0n) is 26.3. The molecule has 0 aliphatic carbocycles. The maximum absolute atomic E-state index is 13.5. The van der Waals surface area contributed by atoms with Gasteiger partial charge < -0.3 is 18.9 Å². The van der Waals surface area contributed by atoms with Crippen molar-refractivity contribution in [1.82, 2.24) is 30.0 Å². The SMILES string of the molecule is COC(=O)Nc1c(C)nc(C(C)(C)C)n(CC(=O)N[C@H](C(=O)c2nnc(C(C)(C)c3nc4ccccc4o3)o2)C(C)C)c1=O. The maximum Gasteiger partial charge on any atom is 0.411 e. The molecule has 14 heteroatoms. The number of fused-ring (bicyclic) bond motifs is 1. The number of aryl methyl sites for hydroxylation is 1. The van der Waals surface area contributed by atoms with E-state index in [9.17, 15) is 19.2 Å². The molecule has 0 fully saturated rings. The second kappa shape index (κ2) is 12.0. The van der Waals surface area contributed by atoms with Crippen LogP contribution in [0, 0.1) is 12.8 Å². The van der Waals surface area contributed by atoms with Crippen molar-refractivity contribution in [2.75, 3.05) is 12.4 Å². The summed E-state index contributed by atoms with van der Waals surface area (Å²) >= 11 is 0. The van der Waals surface area contributed by atoms with Crippen LogP contribution in [0.15, 0.2) is 37.9 Å². The zero-order chi connectivity index (χ0) is 32.6. The fourth-order valence-corrected chi connectivity index (χ4v) is 4.51. The number of ketones is 1. The Labute approximate surface area is 253 Å². The summed E-state index contributed by atoms with van der Waals surface area (Å²) < 4.78 is 17.5. The van der Waals surface area contributed by atoms with Crippen molar-refractivity contribution < 1.29 is 28.0 Å². The number of benzene rings is 1. The van der Waals surface area contributed by atoms with E-state index in [1.807, 2.05) is 39.0 Å². The van der Waals surface area contributed by atoms with Crippen LogP contribution in [0.1, 0.15) is 82.5 Å². The summed E-state index contributed by atoms with van der Waals surface area (Å²) in [7, 11) is 1.17. The first-order valence-electron chi connectivity index (χ1n) is 14.0. The van der Waals surface area contributed by atoms with Crippen LogP contribution in [0.4, 0.5) is 10.5 Å². The quantitative estimate of drug-likeness (QED) is 0.263. The lowest BCUT2D eigenvalue weighted by Gasteiger charge is -2.25. The lowest BCUT2D eigenvalue weighted by atomic mass is 9.93. The highest BCUT2D eigenvalue weighted by atomic mass is 16.5. The van der Waals surface area contributed by atoms with E-state index in [-0.39, 0.29) is 29.1 Å². The lowest BCUT2D eigenvalue weighted by Crippen LogP contribution is -2.47. The Morgan fingerprint density at radius 3 is 2.30 bits per heavy atom. The van der Waals surface area contributed by atoms with Gasteiger partial charge in [0.2, 0.25) is 23.5 Å². The van der Waals surface area contributed by atoms with Crippen LogP contribution < -0.4 is 16.2 Å². The van der Waals surface area contributed by atoms with Gasteiger partial charge in [-0.3, -0.25) is 24.3 Å². The van der Waals surface area contributed by atoms with Gasteiger partial charge in [-0.2, -0.15) is 0 Å². The predicted octanol–water partition coefficient (Wildman–Crippen LogP) is 3.90. The smallest absolute Gasteiger partial charge is 0.411 e. The summed E-state index contributed by atoms with van der Waals surface area (Å²) in [4.78, 5) is 61.2. The fraction of sp³-hybridized carbons (Fsp3) is 0.467. The minimum Gasteiger partial charge on any atom is -0.453 e. The van der Waals surface area contributed by atoms with E-state index >= 15 is 0 Å². The molecule has 4 aromatic rings. The van der Waals surface area contributed by atoms with Crippen molar-refractivity contribution in [2.45, 2.75) is 78.8 Å². The minimum atomic E-state index is -1.05. The highest BCUT2D eigenvalue weighted by Crippen LogP contribution is 2.32. The number of carbonyl (C=O) groups excluding carboxylic acids is 3. The zero-order valence-corrected chi connectivity index (χ0v) is 26.3. The average Bonchev–Trinajstić information content (AvgIpc) is 3.63. The molecule has 4 rings (SSSR count). The van der Waals surface area contributed by atoms with Crippen LogP contribution in [0.5, 0.6) is 0 Å². The van der Waals surface area contributed by atoms with Gasteiger partial charge in [0.15, 0.2) is 5.58 Å². The fourth-order valence-electron chi connectivity index (χ4n) is 4.51. The highest BCUT2D eigenvalue weighted by Gasteiger charge is 2.37. The number of aromatic nitrogens is 5. The molecule has 44 heavy (non-hydrogen) atoms. The number of Topliss-reactive ketones (excluding diaryl/α,β-unsaturated/α-hetero) is 1. The molecule has 0 saturated heterocycles. The molecule has 0 bridgehead atoms. The van der Waals surface area contributed by atoms with E-state index in [1.54, 1.807) is 40.7 Å². The van der Waals surface area contributed by atoms with Gasteiger partial charge in [0.05, 0.1) is 18.8 Å². The van der Waals surface area contributed by atoms with E-state index in [4.69, 9.17) is 8.83 Å². The molecule has 2 amide bonds. The number of oxazole rings is 1. The second-order valence-electron chi connectivity index (χ2n) is 12.3. The Morgan fingerprint density at radius 2 is 1.68 bits per heavy atom. The van der Waals surface area contributed by atoms with Gasteiger partial charge in [-0.25, -0.2) is 14.8 Å². The second-order valence-corrected chi connectivity index (χ2v) is 12.3. The summed E-state index contributed by atoms with van der Waals surface area (Å²) in [6.07, 6.45) is -0.852. The van der Waals surface area contributed by atoms with E-state index in [1.165, 1.54) is 11.7 Å². The van der Waals surface area contributed by atoms with Gasteiger partial charge in [0.25, 0.3) is 11.4 Å². The van der Waals surface area contributed by atoms with Crippen molar-refractivity contribution in [3.05, 3.63) is 63.8 Å². The van der Waals surface area contributed by atoms with Crippen LogP contribution in [0.25, 0.3) is 11.1 Å². The van der Waals surface area contributed by atoms with E-state index < -0.39 is 46.8 Å². The minimum absolute atomic E-state index is 0.110. The summed E-state index contributed by atoms with van der Waals surface area (Å²) in [6.45, 7) is 13.7. The summed E-state index contributed by atoms with van der Waals surface area (Å²) in [5.74, 6) is -1.14. The molecular formula is C30H37N7O7. The van der Waals surface area contributed by atoms with Crippen LogP contribution in [-0.4, -0.2) is 55.7 Å². The number of nitrogens with one attached hydrogen (secondary N) is 2. The van der Waals surface area contributed by atoms with E-state index in [0.29, 0.717) is 22.8 Å². The van der Waals surface area contributed by atoms with Gasteiger partial charge in [0, 0.05) is 5.41 Å². The normalized spacial score (nSPS) is 12.8. The van der Waals surface area contributed by atoms with Gasteiger partial charge in [0.1, 0.15) is 29.0 Å². The molecule has 1 atom stereocenters. The number of rotatable bonds is 9. The van der Waals surface area contributed by atoms with Gasteiger partial charge >= 0.3 is 6.09 Å². The first-order chi connectivity index (χ1) is 20.5. The van der Waals surface area contributed by atoms with Crippen molar-refractivity contribution in [1.29, 1.82) is 0 Å². The van der Waals surface area contributed by atoms with Crippen LogP contribution in [0.2, 0.25) is 0 Å². The number of amides is 2. The third kappa shape index (κ3) is 6.38. The first kappa shape index (κ1) is 32.0. The monoisotopic (exact) mass is 607 g/mol.